The standard InChI is InChI=1S/C21H11ClN2O4S/c22-14-9-11(5-7-13(14)20(26)27)17-8-6-12(28-17)10-18-19(25)24-16-4-2-1-3-15(16)23-21(24)29-18/h1-10H,(H,26,27)/b18-10+. The Kier molecular flexibility index (Phi) is 4.01. The van der Waals surface area contributed by atoms with Crippen molar-refractivity contribution in [2.24, 2.45) is 0 Å². The first-order valence-corrected chi connectivity index (χ1v) is 9.75. The van der Waals surface area contributed by atoms with E-state index < -0.39 is 5.97 Å². The Morgan fingerprint density at radius 3 is 2.79 bits per heavy atom. The van der Waals surface area contributed by atoms with Gasteiger partial charge in [0.25, 0.3) is 5.56 Å². The topological polar surface area (TPSA) is 84.8 Å². The molecule has 0 aliphatic carbocycles. The summed E-state index contributed by atoms with van der Waals surface area (Å²) in [4.78, 5) is 29.0. The largest absolute Gasteiger partial charge is 0.478 e. The minimum absolute atomic E-state index is 0.0268. The smallest absolute Gasteiger partial charge is 0.337 e. The highest BCUT2D eigenvalue weighted by atomic mass is 35.5. The molecule has 0 bridgehead atoms. The quantitative estimate of drug-likeness (QED) is 0.473. The number of thiazole rings is 1. The van der Waals surface area contributed by atoms with E-state index in [9.17, 15) is 9.59 Å². The van der Waals surface area contributed by atoms with Crippen LogP contribution in [-0.4, -0.2) is 20.5 Å². The lowest BCUT2D eigenvalue weighted by Gasteiger charge is -2.01. The lowest BCUT2D eigenvalue weighted by atomic mass is 10.1. The number of halogens is 1. The third-order valence-corrected chi connectivity index (χ3v) is 5.81. The predicted octanol–water partition coefficient (Wildman–Crippen LogP) is 4.07. The molecule has 0 atom stereocenters. The van der Waals surface area contributed by atoms with Crippen LogP contribution in [0.15, 0.2) is 63.8 Å². The maximum Gasteiger partial charge on any atom is 0.337 e. The first kappa shape index (κ1) is 17.7. The summed E-state index contributed by atoms with van der Waals surface area (Å²) in [5, 5.41) is 9.21. The molecular weight excluding hydrogens is 412 g/mol. The molecule has 2 aromatic carbocycles. The number of aromatic carboxylic acids is 1. The molecule has 5 rings (SSSR count). The average molecular weight is 423 g/mol. The molecule has 6 nitrogen and oxygen atoms in total. The molecule has 0 amide bonds. The molecule has 1 N–H and O–H groups in total. The van der Waals surface area contributed by atoms with Crippen molar-refractivity contribution in [3.05, 3.63) is 85.8 Å². The zero-order chi connectivity index (χ0) is 20.1. The van der Waals surface area contributed by atoms with Crippen molar-refractivity contribution in [1.29, 1.82) is 0 Å². The first-order valence-electron chi connectivity index (χ1n) is 8.56. The number of carboxylic acids is 1. The fourth-order valence-electron chi connectivity index (χ4n) is 3.17. The molecule has 142 valence electrons. The number of aromatic nitrogens is 2. The van der Waals surface area contributed by atoms with Crippen LogP contribution < -0.4 is 10.1 Å². The van der Waals surface area contributed by atoms with Crippen LogP contribution >= 0.6 is 22.9 Å². The van der Waals surface area contributed by atoms with Gasteiger partial charge in [0, 0.05) is 11.6 Å². The van der Waals surface area contributed by atoms with Crippen LogP contribution in [0.5, 0.6) is 0 Å². The van der Waals surface area contributed by atoms with Gasteiger partial charge in [-0.25, -0.2) is 14.2 Å². The molecule has 3 aromatic heterocycles. The molecule has 0 saturated heterocycles. The Hall–Kier alpha value is -3.42. The summed E-state index contributed by atoms with van der Waals surface area (Å²) in [6.45, 7) is 0. The van der Waals surface area contributed by atoms with Gasteiger partial charge >= 0.3 is 5.97 Å². The molecule has 0 aliphatic rings. The van der Waals surface area contributed by atoms with Crippen LogP contribution in [-0.2, 0) is 0 Å². The average Bonchev–Trinajstić information content (AvgIpc) is 3.37. The van der Waals surface area contributed by atoms with Crippen molar-refractivity contribution in [2.45, 2.75) is 0 Å². The minimum atomic E-state index is -1.09. The Labute approximate surface area is 171 Å². The number of rotatable bonds is 3. The number of furan rings is 1. The number of hydrogen-bond acceptors (Lipinski definition) is 5. The number of hydrogen-bond donors (Lipinski definition) is 1. The Morgan fingerprint density at radius 1 is 1.17 bits per heavy atom. The van der Waals surface area contributed by atoms with E-state index in [1.165, 1.54) is 23.5 Å². The van der Waals surface area contributed by atoms with E-state index in [4.69, 9.17) is 21.1 Å². The number of carbonyl (C=O) groups is 1. The van der Waals surface area contributed by atoms with Gasteiger partial charge in [-0.3, -0.25) is 4.79 Å². The second kappa shape index (κ2) is 6.58. The second-order valence-corrected chi connectivity index (χ2v) is 7.75. The molecule has 3 heterocycles. The van der Waals surface area contributed by atoms with Crippen molar-refractivity contribution >= 4 is 51.0 Å². The highest BCUT2D eigenvalue weighted by molar-refractivity contribution is 7.15. The normalized spacial score (nSPS) is 12.2. The van der Waals surface area contributed by atoms with Gasteiger partial charge in [0.1, 0.15) is 16.1 Å². The van der Waals surface area contributed by atoms with Crippen LogP contribution in [0.2, 0.25) is 5.02 Å². The third kappa shape index (κ3) is 2.91. The maximum absolute atomic E-state index is 12.8. The van der Waals surface area contributed by atoms with E-state index in [0.29, 0.717) is 26.6 Å². The molecule has 29 heavy (non-hydrogen) atoms. The van der Waals surface area contributed by atoms with E-state index in [2.05, 4.69) is 4.98 Å². The molecule has 0 fully saturated rings. The summed E-state index contributed by atoms with van der Waals surface area (Å²) in [5.74, 6) is -0.0631. The third-order valence-electron chi connectivity index (χ3n) is 4.53. The summed E-state index contributed by atoms with van der Waals surface area (Å²) >= 11 is 7.33. The number of para-hydroxylation sites is 2. The van der Waals surface area contributed by atoms with Crippen LogP contribution in [0.4, 0.5) is 0 Å². The number of imidazole rings is 1. The zero-order valence-corrected chi connectivity index (χ0v) is 16.2. The summed E-state index contributed by atoms with van der Waals surface area (Å²) in [7, 11) is 0. The molecule has 0 saturated carbocycles. The SMILES string of the molecule is O=C(O)c1ccc(-c2ccc(/C=c3/sc4nc5ccccc5n4c3=O)o2)cc1Cl. The number of benzene rings is 2. The van der Waals surface area contributed by atoms with Gasteiger partial charge in [-0.05, 0) is 36.4 Å². The van der Waals surface area contributed by atoms with Gasteiger partial charge in [-0.15, -0.1) is 0 Å². The monoisotopic (exact) mass is 422 g/mol. The number of fused-ring (bicyclic) bond motifs is 3. The highest BCUT2D eigenvalue weighted by Gasteiger charge is 2.13. The van der Waals surface area contributed by atoms with Gasteiger partial charge in [0.05, 0.1) is 21.6 Å². The highest BCUT2D eigenvalue weighted by Crippen LogP contribution is 2.27. The van der Waals surface area contributed by atoms with Gasteiger partial charge in [-0.1, -0.05) is 41.1 Å². The second-order valence-electron chi connectivity index (χ2n) is 6.34. The molecule has 5 aromatic rings. The fraction of sp³-hybridized carbons (Fsp3) is 0. The Morgan fingerprint density at radius 2 is 2.00 bits per heavy atom. The van der Waals surface area contributed by atoms with E-state index in [-0.39, 0.29) is 16.1 Å². The molecule has 0 unspecified atom stereocenters. The molecule has 0 aliphatic heterocycles. The van der Waals surface area contributed by atoms with Gasteiger partial charge < -0.3 is 9.52 Å². The van der Waals surface area contributed by atoms with Crippen LogP contribution in [0.25, 0.3) is 33.4 Å². The van der Waals surface area contributed by atoms with E-state index in [1.807, 2.05) is 24.3 Å². The van der Waals surface area contributed by atoms with Crippen LogP contribution in [0.1, 0.15) is 16.1 Å². The zero-order valence-electron chi connectivity index (χ0n) is 14.6. The summed E-state index contributed by atoms with van der Waals surface area (Å²) in [6, 6.07) is 15.6. The molecule has 8 heteroatoms. The predicted molar refractivity (Wildman–Crippen MR) is 112 cm³/mol. The molecule has 0 spiro atoms. The minimum Gasteiger partial charge on any atom is -0.478 e. The van der Waals surface area contributed by atoms with Crippen molar-refractivity contribution in [3.63, 3.8) is 0 Å². The molecule has 0 radical (unpaired) electrons. The van der Waals surface area contributed by atoms with Gasteiger partial charge in [-0.2, -0.15) is 0 Å². The van der Waals surface area contributed by atoms with Crippen LogP contribution in [0.3, 0.4) is 0 Å². The lowest BCUT2D eigenvalue weighted by Crippen LogP contribution is -2.22. The van der Waals surface area contributed by atoms with E-state index in [1.54, 1.807) is 28.7 Å². The number of nitrogens with zero attached hydrogens (tertiary/aromatic N) is 2. The van der Waals surface area contributed by atoms with Gasteiger partial charge in [0.2, 0.25) is 0 Å². The summed E-state index contributed by atoms with van der Waals surface area (Å²) in [5.41, 5.74) is 2.08. The number of carboxylic acid groups (broad SMARTS) is 1. The maximum atomic E-state index is 12.8. The van der Waals surface area contributed by atoms with Crippen molar-refractivity contribution in [2.75, 3.05) is 0 Å². The van der Waals surface area contributed by atoms with Crippen molar-refractivity contribution in [3.8, 4) is 11.3 Å². The van der Waals surface area contributed by atoms with Gasteiger partial charge in [0.15, 0.2) is 4.96 Å². The lowest BCUT2D eigenvalue weighted by molar-refractivity contribution is 0.0697. The van der Waals surface area contributed by atoms with Crippen molar-refractivity contribution < 1.29 is 14.3 Å². The van der Waals surface area contributed by atoms with Crippen molar-refractivity contribution in [1.82, 2.24) is 9.38 Å². The van der Waals surface area contributed by atoms with E-state index in [0.717, 1.165) is 11.0 Å². The Bertz CT molecular complexity index is 1530. The fourth-order valence-corrected chi connectivity index (χ4v) is 4.40. The summed E-state index contributed by atoms with van der Waals surface area (Å²) < 4.78 is 7.93. The summed E-state index contributed by atoms with van der Waals surface area (Å²) in [6.07, 6.45) is 1.67. The molecular formula is C21H11ClN2O4S. The first-order chi connectivity index (χ1) is 14.0. The Balaban J connectivity index is 1.57. The van der Waals surface area contributed by atoms with Crippen LogP contribution in [0, 0.1) is 0 Å². The van der Waals surface area contributed by atoms with E-state index >= 15 is 0 Å².